The van der Waals surface area contributed by atoms with Crippen LogP contribution in [0.2, 0.25) is 0 Å². The first-order chi connectivity index (χ1) is 6.38. The fourth-order valence-corrected chi connectivity index (χ4v) is 1.36. The van der Waals surface area contributed by atoms with E-state index in [2.05, 4.69) is 15.9 Å². The van der Waals surface area contributed by atoms with Crippen LogP contribution in [0.3, 0.4) is 0 Å². The average Bonchev–Trinajstić information content (AvgIpc) is 2.06. The van der Waals surface area contributed by atoms with Crippen LogP contribution in [0.1, 0.15) is 11.1 Å². The highest BCUT2D eigenvalue weighted by molar-refractivity contribution is 9.10. The van der Waals surface area contributed by atoms with E-state index in [4.69, 9.17) is 5.26 Å². The Kier molecular flexibility index (Phi) is 2.81. The SMILES string of the molecule is N#Cc1c(Br)ccc(F)c1C(F)(F)F. The molecule has 1 aromatic rings. The molecule has 0 aliphatic carbocycles. The van der Waals surface area contributed by atoms with Crippen molar-refractivity contribution in [3.05, 3.63) is 33.5 Å². The van der Waals surface area contributed by atoms with Gasteiger partial charge in [0.25, 0.3) is 0 Å². The van der Waals surface area contributed by atoms with E-state index in [9.17, 15) is 17.6 Å². The van der Waals surface area contributed by atoms with Gasteiger partial charge in [0.1, 0.15) is 17.4 Å². The van der Waals surface area contributed by atoms with Crippen LogP contribution >= 0.6 is 15.9 Å². The van der Waals surface area contributed by atoms with E-state index in [0.29, 0.717) is 6.07 Å². The molecule has 0 bridgehead atoms. The molecule has 0 unspecified atom stereocenters. The number of halogens is 5. The smallest absolute Gasteiger partial charge is 0.206 e. The number of hydrogen-bond acceptors (Lipinski definition) is 1. The molecular formula is C8H2BrF4N. The molecular weight excluding hydrogens is 266 g/mol. The Labute approximate surface area is 85.1 Å². The molecule has 0 saturated carbocycles. The molecule has 14 heavy (non-hydrogen) atoms. The summed E-state index contributed by atoms with van der Waals surface area (Å²) in [6.07, 6.45) is -4.86. The van der Waals surface area contributed by atoms with E-state index >= 15 is 0 Å². The van der Waals surface area contributed by atoms with E-state index in [0.717, 1.165) is 6.07 Å². The molecule has 0 aliphatic heterocycles. The lowest BCUT2D eigenvalue weighted by molar-refractivity contribution is -0.140. The molecule has 0 amide bonds. The standard InChI is InChI=1S/C8H2BrF4N/c9-5-1-2-6(10)7(4(5)3-14)8(11,12)13/h1-2H. The Balaban J connectivity index is 3.56. The molecule has 0 spiro atoms. The van der Waals surface area contributed by atoms with E-state index in [1.54, 1.807) is 0 Å². The number of hydrogen-bond donors (Lipinski definition) is 0. The lowest BCUT2D eigenvalue weighted by Crippen LogP contribution is -2.11. The minimum Gasteiger partial charge on any atom is -0.206 e. The van der Waals surface area contributed by atoms with Crippen molar-refractivity contribution in [2.45, 2.75) is 6.18 Å². The van der Waals surface area contributed by atoms with Crippen molar-refractivity contribution >= 4 is 15.9 Å². The predicted molar refractivity (Wildman–Crippen MR) is 43.8 cm³/mol. The Morgan fingerprint density at radius 3 is 2.21 bits per heavy atom. The number of alkyl halides is 3. The first kappa shape index (κ1) is 11.0. The van der Waals surface area contributed by atoms with Crippen molar-refractivity contribution in [1.29, 1.82) is 5.26 Å². The van der Waals surface area contributed by atoms with Crippen LogP contribution in [-0.4, -0.2) is 0 Å². The van der Waals surface area contributed by atoms with Gasteiger partial charge in [-0.05, 0) is 28.1 Å². The molecule has 0 heterocycles. The molecule has 1 rings (SSSR count). The van der Waals surface area contributed by atoms with E-state index in [1.807, 2.05) is 0 Å². The Morgan fingerprint density at radius 2 is 1.86 bits per heavy atom. The lowest BCUT2D eigenvalue weighted by Gasteiger charge is -2.10. The summed E-state index contributed by atoms with van der Waals surface area (Å²) in [5, 5.41) is 8.44. The summed E-state index contributed by atoms with van der Waals surface area (Å²) in [5.74, 6) is -1.45. The van der Waals surface area contributed by atoms with Crippen molar-refractivity contribution in [2.24, 2.45) is 0 Å². The summed E-state index contributed by atoms with van der Waals surface area (Å²) in [7, 11) is 0. The minimum absolute atomic E-state index is 0.0753. The summed E-state index contributed by atoms with van der Waals surface area (Å²) in [6.45, 7) is 0. The van der Waals surface area contributed by atoms with Crippen molar-refractivity contribution in [1.82, 2.24) is 0 Å². The van der Waals surface area contributed by atoms with Gasteiger partial charge in [0, 0.05) is 4.47 Å². The quantitative estimate of drug-likeness (QED) is 0.661. The van der Waals surface area contributed by atoms with Gasteiger partial charge in [0.05, 0.1) is 5.56 Å². The zero-order valence-electron chi connectivity index (χ0n) is 6.49. The molecule has 0 aromatic heterocycles. The number of nitriles is 1. The summed E-state index contributed by atoms with van der Waals surface area (Å²) in [4.78, 5) is 0. The number of rotatable bonds is 0. The third kappa shape index (κ3) is 1.87. The van der Waals surface area contributed by atoms with Gasteiger partial charge in [-0.25, -0.2) is 4.39 Å². The summed E-state index contributed by atoms with van der Waals surface area (Å²) in [6, 6.07) is 3.02. The second-order valence-electron chi connectivity index (χ2n) is 2.39. The van der Waals surface area contributed by atoms with Crippen LogP contribution in [-0.2, 0) is 6.18 Å². The van der Waals surface area contributed by atoms with Crippen LogP contribution in [0.25, 0.3) is 0 Å². The van der Waals surface area contributed by atoms with Crippen molar-refractivity contribution in [2.75, 3.05) is 0 Å². The molecule has 0 aliphatic rings. The summed E-state index contributed by atoms with van der Waals surface area (Å²) in [5.41, 5.74) is -2.27. The maximum atomic E-state index is 12.8. The van der Waals surface area contributed by atoms with Crippen LogP contribution in [0.15, 0.2) is 16.6 Å². The third-order valence-electron chi connectivity index (χ3n) is 1.50. The maximum absolute atomic E-state index is 12.8. The molecule has 6 heteroatoms. The largest absolute Gasteiger partial charge is 0.420 e. The minimum atomic E-state index is -4.86. The van der Waals surface area contributed by atoms with Gasteiger partial charge in [0.15, 0.2) is 0 Å². The van der Waals surface area contributed by atoms with Gasteiger partial charge in [0.2, 0.25) is 0 Å². The second kappa shape index (κ2) is 3.58. The van der Waals surface area contributed by atoms with Crippen molar-refractivity contribution in [3.63, 3.8) is 0 Å². The number of benzene rings is 1. The third-order valence-corrected chi connectivity index (χ3v) is 2.16. The van der Waals surface area contributed by atoms with Gasteiger partial charge in [-0.15, -0.1) is 0 Å². The molecule has 1 nitrogen and oxygen atoms in total. The van der Waals surface area contributed by atoms with Gasteiger partial charge >= 0.3 is 6.18 Å². The first-order valence-corrected chi connectivity index (χ1v) is 4.12. The van der Waals surface area contributed by atoms with Crippen LogP contribution in [0.4, 0.5) is 17.6 Å². The molecule has 0 N–H and O–H groups in total. The Bertz CT molecular complexity index is 405. The summed E-state index contributed by atoms with van der Waals surface area (Å²) >= 11 is 2.74. The molecule has 74 valence electrons. The highest BCUT2D eigenvalue weighted by atomic mass is 79.9. The molecule has 0 fully saturated rings. The van der Waals surface area contributed by atoms with Crippen molar-refractivity contribution in [3.8, 4) is 6.07 Å². The van der Waals surface area contributed by atoms with Crippen LogP contribution < -0.4 is 0 Å². The Hall–Kier alpha value is -1.09. The van der Waals surface area contributed by atoms with Crippen LogP contribution in [0.5, 0.6) is 0 Å². The van der Waals surface area contributed by atoms with Gasteiger partial charge in [-0.1, -0.05) is 0 Å². The van der Waals surface area contributed by atoms with Crippen molar-refractivity contribution < 1.29 is 17.6 Å². The average molecular weight is 268 g/mol. The number of nitrogens with zero attached hydrogens (tertiary/aromatic N) is 1. The zero-order valence-corrected chi connectivity index (χ0v) is 8.08. The van der Waals surface area contributed by atoms with Crippen LogP contribution in [0, 0.1) is 17.1 Å². The fraction of sp³-hybridized carbons (Fsp3) is 0.125. The maximum Gasteiger partial charge on any atom is 0.420 e. The lowest BCUT2D eigenvalue weighted by atomic mass is 10.1. The monoisotopic (exact) mass is 267 g/mol. The predicted octanol–water partition coefficient (Wildman–Crippen LogP) is 3.48. The Morgan fingerprint density at radius 1 is 1.29 bits per heavy atom. The highest BCUT2D eigenvalue weighted by Gasteiger charge is 2.37. The molecule has 1 aromatic carbocycles. The molecule has 0 saturated heterocycles. The first-order valence-electron chi connectivity index (χ1n) is 3.33. The zero-order chi connectivity index (χ0) is 10.9. The van der Waals surface area contributed by atoms with Gasteiger partial charge in [-0.2, -0.15) is 18.4 Å². The topological polar surface area (TPSA) is 23.8 Å². The highest BCUT2D eigenvalue weighted by Crippen LogP contribution is 2.36. The van der Waals surface area contributed by atoms with Gasteiger partial charge in [-0.3, -0.25) is 0 Å². The molecule has 0 radical (unpaired) electrons. The summed E-state index contributed by atoms with van der Waals surface area (Å²) < 4.78 is 49.5. The van der Waals surface area contributed by atoms with E-state index < -0.39 is 23.1 Å². The molecule has 0 atom stereocenters. The normalized spacial score (nSPS) is 11.1. The fourth-order valence-electron chi connectivity index (χ4n) is 0.938. The van der Waals surface area contributed by atoms with E-state index in [1.165, 1.54) is 6.07 Å². The van der Waals surface area contributed by atoms with Gasteiger partial charge < -0.3 is 0 Å². The van der Waals surface area contributed by atoms with E-state index in [-0.39, 0.29) is 4.47 Å². The second-order valence-corrected chi connectivity index (χ2v) is 3.24.